The van der Waals surface area contributed by atoms with E-state index in [9.17, 15) is 0 Å². The van der Waals surface area contributed by atoms with Crippen molar-refractivity contribution in [2.75, 3.05) is 0 Å². The van der Waals surface area contributed by atoms with E-state index >= 15 is 0 Å². The number of aromatic nitrogens is 2. The lowest BCUT2D eigenvalue weighted by molar-refractivity contribution is 0.519. The number of thiazole rings is 2. The first-order chi connectivity index (χ1) is 9.13. The van der Waals surface area contributed by atoms with E-state index in [4.69, 9.17) is 4.98 Å². The summed E-state index contributed by atoms with van der Waals surface area (Å²) < 4.78 is 0. The minimum Gasteiger partial charge on any atom is -0.301 e. The molecule has 0 aromatic carbocycles. The molecule has 0 amide bonds. The van der Waals surface area contributed by atoms with E-state index in [2.05, 4.69) is 36.5 Å². The van der Waals surface area contributed by atoms with Gasteiger partial charge in [-0.05, 0) is 40.0 Å². The quantitative estimate of drug-likeness (QED) is 0.938. The third kappa shape index (κ3) is 2.73. The van der Waals surface area contributed by atoms with Gasteiger partial charge in [-0.2, -0.15) is 0 Å². The third-order valence-corrected chi connectivity index (χ3v) is 5.31. The molecule has 0 bridgehead atoms. The van der Waals surface area contributed by atoms with Crippen LogP contribution in [-0.2, 0) is 12.8 Å². The van der Waals surface area contributed by atoms with Crippen molar-refractivity contribution in [3.05, 3.63) is 31.7 Å². The molecule has 1 N–H and O–H groups in total. The highest BCUT2D eigenvalue weighted by Gasteiger charge is 2.25. The predicted molar refractivity (Wildman–Crippen MR) is 81.1 cm³/mol. The zero-order chi connectivity index (χ0) is 13.4. The second kappa shape index (κ2) is 5.31. The summed E-state index contributed by atoms with van der Waals surface area (Å²) in [4.78, 5) is 11.0. The maximum absolute atomic E-state index is 4.85. The smallest absolute Gasteiger partial charge is 0.116 e. The molecule has 19 heavy (non-hydrogen) atoms. The highest BCUT2D eigenvalue weighted by Crippen LogP contribution is 2.33. The summed E-state index contributed by atoms with van der Waals surface area (Å²) in [5.74, 6) is 0. The van der Waals surface area contributed by atoms with Crippen LogP contribution in [0.5, 0.6) is 0 Å². The SMILES string of the molecule is Cc1nc(C(NC(C)C)c2nc3c(s2)CCC3)cs1. The van der Waals surface area contributed by atoms with E-state index in [1.807, 2.05) is 11.3 Å². The summed E-state index contributed by atoms with van der Waals surface area (Å²) in [6.07, 6.45) is 3.63. The van der Waals surface area contributed by atoms with Crippen LogP contribution >= 0.6 is 22.7 Å². The van der Waals surface area contributed by atoms with Crippen LogP contribution in [0.25, 0.3) is 0 Å². The fourth-order valence-corrected chi connectivity index (χ4v) is 4.33. The van der Waals surface area contributed by atoms with E-state index in [0.717, 1.165) is 17.1 Å². The van der Waals surface area contributed by atoms with Gasteiger partial charge in [-0.1, -0.05) is 0 Å². The van der Waals surface area contributed by atoms with Crippen LogP contribution in [0.4, 0.5) is 0 Å². The molecule has 3 nitrogen and oxygen atoms in total. The fraction of sp³-hybridized carbons (Fsp3) is 0.571. The second-order valence-electron chi connectivity index (χ2n) is 5.32. The first-order valence-corrected chi connectivity index (χ1v) is 8.49. The Labute approximate surface area is 122 Å². The third-order valence-electron chi connectivity index (χ3n) is 3.29. The van der Waals surface area contributed by atoms with Crippen LogP contribution < -0.4 is 5.32 Å². The molecule has 1 atom stereocenters. The summed E-state index contributed by atoms with van der Waals surface area (Å²) in [5, 5.41) is 8.07. The Balaban J connectivity index is 1.93. The summed E-state index contributed by atoms with van der Waals surface area (Å²) in [5.41, 5.74) is 2.44. The molecule has 2 heterocycles. The zero-order valence-electron chi connectivity index (χ0n) is 11.6. The molecule has 5 heteroatoms. The highest BCUT2D eigenvalue weighted by molar-refractivity contribution is 7.12. The van der Waals surface area contributed by atoms with Crippen molar-refractivity contribution >= 4 is 22.7 Å². The minimum atomic E-state index is 0.153. The lowest BCUT2D eigenvalue weighted by Gasteiger charge is -2.17. The molecule has 3 rings (SSSR count). The molecule has 0 aliphatic heterocycles. The Morgan fingerprint density at radius 2 is 2.11 bits per heavy atom. The number of fused-ring (bicyclic) bond motifs is 1. The van der Waals surface area contributed by atoms with E-state index in [0.29, 0.717) is 6.04 Å². The largest absolute Gasteiger partial charge is 0.301 e. The van der Waals surface area contributed by atoms with Crippen LogP contribution in [-0.4, -0.2) is 16.0 Å². The number of nitrogens with one attached hydrogen (secondary N) is 1. The number of aryl methyl sites for hydroxylation is 3. The molecule has 1 aliphatic carbocycles. The summed E-state index contributed by atoms with van der Waals surface area (Å²) >= 11 is 3.58. The van der Waals surface area contributed by atoms with Crippen molar-refractivity contribution in [3.63, 3.8) is 0 Å². The highest BCUT2D eigenvalue weighted by atomic mass is 32.1. The average Bonchev–Trinajstić information content (AvgIpc) is 2.99. The molecule has 2 aromatic heterocycles. The monoisotopic (exact) mass is 293 g/mol. The van der Waals surface area contributed by atoms with Crippen molar-refractivity contribution in [3.8, 4) is 0 Å². The molecule has 1 aliphatic rings. The maximum atomic E-state index is 4.85. The molecule has 2 aromatic rings. The molecule has 0 fully saturated rings. The predicted octanol–water partition coefficient (Wildman–Crippen LogP) is 3.48. The fourth-order valence-electron chi connectivity index (χ4n) is 2.46. The van der Waals surface area contributed by atoms with Crippen molar-refractivity contribution in [2.45, 2.75) is 52.1 Å². The van der Waals surface area contributed by atoms with Gasteiger partial charge in [-0.25, -0.2) is 9.97 Å². The van der Waals surface area contributed by atoms with Crippen LogP contribution in [0.2, 0.25) is 0 Å². The van der Waals surface area contributed by atoms with Gasteiger partial charge >= 0.3 is 0 Å². The van der Waals surface area contributed by atoms with E-state index in [-0.39, 0.29) is 6.04 Å². The van der Waals surface area contributed by atoms with Crippen LogP contribution in [0.1, 0.15) is 52.6 Å². The van der Waals surface area contributed by atoms with Crippen LogP contribution in [0.3, 0.4) is 0 Å². The van der Waals surface area contributed by atoms with Gasteiger partial charge in [0.25, 0.3) is 0 Å². The van der Waals surface area contributed by atoms with Gasteiger partial charge in [0.1, 0.15) is 11.0 Å². The normalized spacial score (nSPS) is 16.0. The number of hydrogen-bond acceptors (Lipinski definition) is 5. The van der Waals surface area contributed by atoms with Crippen molar-refractivity contribution in [1.82, 2.24) is 15.3 Å². The molecule has 1 unspecified atom stereocenters. The van der Waals surface area contributed by atoms with Crippen molar-refractivity contribution < 1.29 is 0 Å². The van der Waals surface area contributed by atoms with Crippen LogP contribution in [0, 0.1) is 6.92 Å². The van der Waals surface area contributed by atoms with Gasteiger partial charge in [0.15, 0.2) is 0 Å². The van der Waals surface area contributed by atoms with Gasteiger partial charge in [-0.15, -0.1) is 22.7 Å². The van der Waals surface area contributed by atoms with Crippen molar-refractivity contribution in [2.24, 2.45) is 0 Å². The number of hydrogen-bond donors (Lipinski definition) is 1. The first-order valence-electron chi connectivity index (χ1n) is 6.80. The Bertz CT molecular complexity index is 550. The molecule has 0 saturated carbocycles. The molecule has 0 saturated heterocycles. The van der Waals surface area contributed by atoms with Gasteiger partial charge in [0, 0.05) is 16.3 Å². The number of rotatable bonds is 4. The minimum absolute atomic E-state index is 0.153. The zero-order valence-corrected chi connectivity index (χ0v) is 13.2. The van der Waals surface area contributed by atoms with Gasteiger partial charge in [0.05, 0.1) is 16.4 Å². The van der Waals surface area contributed by atoms with Crippen LogP contribution in [0.15, 0.2) is 5.38 Å². The Morgan fingerprint density at radius 1 is 1.26 bits per heavy atom. The molecule has 102 valence electrons. The van der Waals surface area contributed by atoms with Gasteiger partial charge < -0.3 is 5.32 Å². The summed E-state index contributed by atoms with van der Waals surface area (Å²) in [6.45, 7) is 6.41. The molecule has 0 spiro atoms. The van der Waals surface area contributed by atoms with Gasteiger partial charge in [0.2, 0.25) is 0 Å². The molecule has 0 radical (unpaired) electrons. The first kappa shape index (κ1) is 13.2. The van der Waals surface area contributed by atoms with E-state index in [1.54, 1.807) is 11.3 Å². The standard InChI is InChI=1S/C14H19N3S2/c1-8(2)15-13(11-7-18-9(3)16-11)14-17-10-5-4-6-12(10)19-14/h7-8,13,15H,4-6H2,1-3H3. The lowest BCUT2D eigenvalue weighted by Crippen LogP contribution is -2.29. The topological polar surface area (TPSA) is 37.8 Å². The Hall–Kier alpha value is -0.780. The average molecular weight is 293 g/mol. The molecular formula is C14H19N3S2. The maximum Gasteiger partial charge on any atom is 0.116 e. The molecular weight excluding hydrogens is 274 g/mol. The van der Waals surface area contributed by atoms with Crippen molar-refractivity contribution in [1.29, 1.82) is 0 Å². The van der Waals surface area contributed by atoms with Gasteiger partial charge in [-0.3, -0.25) is 0 Å². The van der Waals surface area contributed by atoms with E-state index in [1.165, 1.54) is 28.4 Å². The summed E-state index contributed by atoms with van der Waals surface area (Å²) in [6, 6.07) is 0.575. The lowest BCUT2D eigenvalue weighted by atomic mass is 10.2. The second-order valence-corrected chi connectivity index (χ2v) is 7.50. The number of nitrogens with zero attached hydrogens (tertiary/aromatic N) is 2. The van der Waals surface area contributed by atoms with E-state index < -0.39 is 0 Å². The summed E-state index contributed by atoms with van der Waals surface area (Å²) in [7, 11) is 0. The Kier molecular flexibility index (Phi) is 3.69. The Morgan fingerprint density at radius 3 is 2.74 bits per heavy atom.